The molecule has 1 aromatic carbocycles. The first-order chi connectivity index (χ1) is 8.11. The smallest absolute Gasteiger partial charge is 0.356 e. The summed E-state index contributed by atoms with van der Waals surface area (Å²) in [7, 11) is 1.31. The second-order valence-corrected chi connectivity index (χ2v) is 4.18. The van der Waals surface area contributed by atoms with Crippen molar-refractivity contribution >= 4 is 29.8 Å². The predicted octanol–water partition coefficient (Wildman–Crippen LogP) is 3.18. The summed E-state index contributed by atoms with van der Waals surface area (Å²) in [5.41, 5.74) is 1.63. The minimum Gasteiger partial charge on any atom is -0.464 e. The number of nitrogens with one attached hydrogen (secondary N) is 2. The molecule has 0 bridgehead atoms. The number of rotatable bonds is 2. The maximum Gasteiger partial charge on any atom is 0.356 e. The summed E-state index contributed by atoms with van der Waals surface area (Å²) in [4.78, 5) is 17.2. The van der Waals surface area contributed by atoms with E-state index in [9.17, 15) is 4.79 Å². The van der Waals surface area contributed by atoms with Gasteiger partial charge >= 0.3 is 5.97 Å². The maximum atomic E-state index is 11.6. The number of benzene rings is 1. The van der Waals surface area contributed by atoms with Gasteiger partial charge in [0.25, 0.3) is 0 Å². The number of H-pyrrole nitrogens is 2. The molecule has 0 aliphatic carbocycles. The Labute approximate surface area is 108 Å². The second kappa shape index (κ2) is 4.73. The van der Waals surface area contributed by atoms with Crippen LogP contribution in [0.5, 0.6) is 0 Å². The average Bonchev–Trinajstić information content (AvgIpc) is 2.70. The Morgan fingerprint density at radius 2 is 2.18 bits per heavy atom. The molecule has 0 spiro atoms. The molecule has 1 aromatic heterocycles. The van der Waals surface area contributed by atoms with Crippen LogP contribution in [0.25, 0.3) is 11.3 Å². The van der Waals surface area contributed by atoms with Crippen LogP contribution in [-0.4, -0.2) is 23.0 Å². The number of methoxy groups -OCH3 is 1. The van der Waals surface area contributed by atoms with Gasteiger partial charge in [-0.15, -0.1) is 0 Å². The maximum absolute atomic E-state index is 11.6. The highest BCUT2D eigenvalue weighted by Gasteiger charge is 2.16. The summed E-state index contributed by atoms with van der Waals surface area (Å²) < 4.78 is 5.03. The summed E-state index contributed by atoms with van der Waals surface area (Å²) in [5, 5.41) is 0.582. The van der Waals surface area contributed by atoms with Crippen LogP contribution in [0.1, 0.15) is 10.5 Å². The number of hydrogen-bond donors (Lipinski definition) is 2. The average molecular weight is 269 g/mol. The molecular formula is C11H9ClN2O2S. The topological polar surface area (TPSA) is 57.9 Å². The summed E-state index contributed by atoms with van der Waals surface area (Å²) in [5.74, 6) is -0.479. The van der Waals surface area contributed by atoms with E-state index >= 15 is 0 Å². The Balaban J connectivity index is 2.59. The van der Waals surface area contributed by atoms with E-state index < -0.39 is 5.97 Å². The number of halogens is 1. The Morgan fingerprint density at radius 3 is 2.82 bits per heavy atom. The van der Waals surface area contributed by atoms with E-state index in [0.29, 0.717) is 21.2 Å². The Hall–Kier alpha value is -1.59. The molecule has 2 rings (SSSR count). The highest BCUT2D eigenvalue weighted by molar-refractivity contribution is 7.71. The third kappa shape index (κ3) is 2.40. The fraction of sp³-hybridized carbons (Fsp3) is 0.0909. The molecular weight excluding hydrogens is 260 g/mol. The third-order valence-electron chi connectivity index (χ3n) is 2.23. The van der Waals surface area contributed by atoms with Gasteiger partial charge in [-0.2, -0.15) is 0 Å². The van der Waals surface area contributed by atoms with E-state index in [0.717, 1.165) is 5.56 Å². The van der Waals surface area contributed by atoms with Crippen LogP contribution in [0.2, 0.25) is 5.02 Å². The molecule has 1 heterocycles. The minimum absolute atomic E-state index is 0.291. The van der Waals surface area contributed by atoms with Crippen LogP contribution in [0, 0.1) is 4.77 Å². The lowest BCUT2D eigenvalue weighted by Crippen LogP contribution is -2.03. The molecule has 0 atom stereocenters. The number of carbonyl (C=O) groups excluding carboxylic acids is 1. The fourth-order valence-electron chi connectivity index (χ4n) is 1.50. The van der Waals surface area contributed by atoms with Crippen molar-refractivity contribution in [1.29, 1.82) is 0 Å². The van der Waals surface area contributed by atoms with Gasteiger partial charge in [-0.05, 0) is 24.4 Å². The first-order valence-electron chi connectivity index (χ1n) is 4.78. The van der Waals surface area contributed by atoms with E-state index in [-0.39, 0.29) is 0 Å². The molecule has 2 aromatic rings. The van der Waals surface area contributed by atoms with Crippen molar-refractivity contribution in [3.05, 3.63) is 39.8 Å². The van der Waals surface area contributed by atoms with Crippen molar-refractivity contribution < 1.29 is 9.53 Å². The number of aromatic nitrogens is 2. The summed E-state index contributed by atoms with van der Waals surface area (Å²) in [6.07, 6.45) is 0. The van der Waals surface area contributed by atoms with E-state index in [1.165, 1.54) is 7.11 Å². The van der Waals surface area contributed by atoms with Crippen LogP contribution >= 0.6 is 23.8 Å². The number of imidazole rings is 1. The van der Waals surface area contributed by atoms with Crippen LogP contribution in [0.3, 0.4) is 0 Å². The predicted molar refractivity (Wildman–Crippen MR) is 67.8 cm³/mol. The van der Waals surface area contributed by atoms with Gasteiger partial charge < -0.3 is 14.7 Å². The summed E-state index contributed by atoms with van der Waals surface area (Å²) in [6.45, 7) is 0. The number of carbonyl (C=O) groups is 1. The molecule has 0 saturated carbocycles. The van der Waals surface area contributed by atoms with Crippen molar-refractivity contribution in [2.24, 2.45) is 0 Å². The molecule has 0 radical (unpaired) electrons. The number of ether oxygens (including phenoxy) is 1. The molecule has 6 heteroatoms. The fourth-order valence-corrected chi connectivity index (χ4v) is 1.89. The quantitative estimate of drug-likeness (QED) is 0.650. The largest absolute Gasteiger partial charge is 0.464 e. The van der Waals surface area contributed by atoms with Gasteiger partial charge in [0.2, 0.25) is 0 Å². The Kier molecular flexibility index (Phi) is 3.31. The van der Waals surface area contributed by atoms with Crippen LogP contribution in [-0.2, 0) is 4.74 Å². The molecule has 0 aliphatic rings. The molecule has 0 fully saturated rings. The van der Waals surface area contributed by atoms with Gasteiger partial charge in [0.15, 0.2) is 10.5 Å². The van der Waals surface area contributed by atoms with Crippen molar-refractivity contribution in [1.82, 2.24) is 9.97 Å². The highest BCUT2D eigenvalue weighted by Crippen LogP contribution is 2.24. The number of aromatic amines is 2. The van der Waals surface area contributed by atoms with Gasteiger partial charge in [-0.25, -0.2) is 4.79 Å². The van der Waals surface area contributed by atoms with E-state index in [1.807, 2.05) is 6.07 Å². The van der Waals surface area contributed by atoms with Crippen molar-refractivity contribution in [3.8, 4) is 11.3 Å². The number of esters is 1. The SMILES string of the molecule is COC(=O)c1[nH]c(=S)[nH]c1-c1cccc(Cl)c1. The highest BCUT2D eigenvalue weighted by atomic mass is 35.5. The molecule has 0 unspecified atom stereocenters. The molecule has 0 saturated heterocycles. The van der Waals surface area contributed by atoms with Gasteiger partial charge in [0.05, 0.1) is 12.8 Å². The van der Waals surface area contributed by atoms with Crippen LogP contribution in [0.4, 0.5) is 0 Å². The second-order valence-electron chi connectivity index (χ2n) is 3.33. The summed E-state index contributed by atoms with van der Waals surface area (Å²) in [6, 6.07) is 7.11. The first-order valence-corrected chi connectivity index (χ1v) is 5.57. The number of hydrogen-bond acceptors (Lipinski definition) is 3. The minimum atomic E-state index is -0.479. The van der Waals surface area contributed by atoms with E-state index in [4.69, 9.17) is 23.8 Å². The van der Waals surface area contributed by atoms with Gasteiger partial charge in [-0.1, -0.05) is 23.7 Å². The van der Waals surface area contributed by atoms with Crippen molar-refractivity contribution in [3.63, 3.8) is 0 Å². The van der Waals surface area contributed by atoms with Gasteiger partial charge in [-0.3, -0.25) is 0 Å². The zero-order chi connectivity index (χ0) is 12.4. The Bertz CT molecular complexity index is 618. The first kappa shape index (κ1) is 11.9. The zero-order valence-corrected chi connectivity index (χ0v) is 10.5. The lowest BCUT2D eigenvalue weighted by atomic mass is 10.1. The molecule has 0 amide bonds. The monoisotopic (exact) mass is 268 g/mol. The lowest BCUT2D eigenvalue weighted by molar-refractivity contribution is 0.0595. The molecule has 4 nitrogen and oxygen atoms in total. The Morgan fingerprint density at radius 1 is 1.41 bits per heavy atom. The van der Waals surface area contributed by atoms with Gasteiger partial charge in [0.1, 0.15) is 0 Å². The third-order valence-corrected chi connectivity index (χ3v) is 2.67. The van der Waals surface area contributed by atoms with Crippen LogP contribution in [0.15, 0.2) is 24.3 Å². The summed E-state index contributed by atoms with van der Waals surface area (Å²) >= 11 is 10.9. The van der Waals surface area contributed by atoms with Crippen LogP contribution < -0.4 is 0 Å². The van der Waals surface area contributed by atoms with Gasteiger partial charge in [0, 0.05) is 10.6 Å². The molecule has 88 valence electrons. The van der Waals surface area contributed by atoms with Crippen molar-refractivity contribution in [2.75, 3.05) is 7.11 Å². The molecule has 0 aliphatic heterocycles. The van der Waals surface area contributed by atoms with Crippen molar-refractivity contribution in [2.45, 2.75) is 0 Å². The lowest BCUT2D eigenvalue weighted by Gasteiger charge is -2.02. The molecule has 2 N–H and O–H groups in total. The standard InChI is InChI=1S/C11H9ClN2O2S/c1-16-10(15)9-8(13-11(17)14-9)6-3-2-4-7(12)5-6/h2-5H,1H3,(H2,13,14,17). The molecule has 17 heavy (non-hydrogen) atoms. The normalized spacial score (nSPS) is 10.2. The zero-order valence-electron chi connectivity index (χ0n) is 8.91. The van der Waals surface area contributed by atoms with E-state index in [2.05, 4.69) is 14.7 Å². The van der Waals surface area contributed by atoms with E-state index in [1.54, 1.807) is 18.2 Å².